The van der Waals surface area contributed by atoms with Crippen LogP contribution in [0.3, 0.4) is 0 Å². The highest BCUT2D eigenvalue weighted by atomic mass is 16.5. The molecule has 0 aliphatic carbocycles. The number of hydrogen-bond acceptors (Lipinski definition) is 2. The molecule has 0 saturated carbocycles. The van der Waals surface area contributed by atoms with Crippen molar-refractivity contribution in [3.8, 4) is 5.75 Å². The summed E-state index contributed by atoms with van der Waals surface area (Å²) in [6, 6.07) is 18.0. The van der Waals surface area contributed by atoms with E-state index in [4.69, 9.17) is 4.74 Å². The van der Waals surface area contributed by atoms with Crippen LogP contribution in [-0.4, -0.2) is 19.1 Å². The van der Waals surface area contributed by atoms with E-state index in [0.717, 1.165) is 17.7 Å². The van der Waals surface area contributed by atoms with Gasteiger partial charge in [0.15, 0.2) is 6.61 Å². The van der Waals surface area contributed by atoms with Gasteiger partial charge >= 0.3 is 0 Å². The largest absolute Gasteiger partial charge is 0.483 e. The topological polar surface area (TPSA) is 38.3 Å². The number of carbonyl (C=O) groups is 1. The van der Waals surface area contributed by atoms with Crippen molar-refractivity contribution in [3.05, 3.63) is 65.7 Å². The lowest BCUT2D eigenvalue weighted by Gasteiger charge is -2.22. The van der Waals surface area contributed by atoms with Crippen molar-refractivity contribution in [2.24, 2.45) is 0 Å². The molecule has 0 aliphatic rings. The van der Waals surface area contributed by atoms with Gasteiger partial charge in [-0.2, -0.15) is 0 Å². The molecule has 0 heterocycles. The highest BCUT2D eigenvalue weighted by Gasteiger charge is 2.18. The number of benzene rings is 2. The van der Waals surface area contributed by atoms with Crippen LogP contribution in [0, 0.1) is 0 Å². The minimum absolute atomic E-state index is 0.0135. The number of ether oxygens (including phenoxy) is 1. The summed E-state index contributed by atoms with van der Waals surface area (Å²) in [6.07, 6.45) is 0.825. The number of amides is 1. The number of nitrogens with one attached hydrogen (secondary N) is 1. The average Bonchev–Trinajstić information content (AvgIpc) is 2.53. The van der Waals surface area contributed by atoms with Gasteiger partial charge in [-0.25, -0.2) is 0 Å². The van der Waals surface area contributed by atoms with Gasteiger partial charge in [-0.3, -0.25) is 4.79 Å². The molecule has 3 nitrogen and oxygen atoms in total. The van der Waals surface area contributed by atoms with Crippen LogP contribution in [-0.2, 0) is 16.6 Å². The minimum atomic E-state index is -0.0929. The first-order chi connectivity index (χ1) is 11.0. The summed E-state index contributed by atoms with van der Waals surface area (Å²) >= 11 is 0. The van der Waals surface area contributed by atoms with Crippen molar-refractivity contribution in [2.45, 2.75) is 32.6 Å². The third-order valence-corrected chi connectivity index (χ3v) is 3.63. The highest BCUT2D eigenvalue weighted by Crippen LogP contribution is 2.30. The maximum Gasteiger partial charge on any atom is 0.257 e. The molecule has 2 aromatic carbocycles. The monoisotopic (exact) mass is 311 g/mol. The number of hydrogen-bond donors (Lipinski definition) is 1. The Kier molecular flexibility index (Phi) is 5.80. The zero-order valence-corrected chi connectivity index (χ0v) is 14.1. The third kappa shape index (κ3) is 5.44. The van der Waals surface area contributed by atoms with Gasteiger partial charge in [0.2, 0.25) is 0 Å². The molecular formula is C20H25NO2. The molecule has 0 bridgehead atoms. The Bertz CT molecular complexity index is 630. The molecule has 122 valence electrons. The Labute approximate surface area is 138 Å². The Morgan fingerprint density at radius 1 is 1.00 bits per heavy atom. The predicted octanol–water partition coefficient (Wildman–Crippen LogP) is 3.72. The van der Waals surface area contributed by atoms with E-state index in [1.165, 1.54) is 5.56 Å². The first-order valence-electron chi connectivity index (χ1n) is 8.00. The fourth-order valence-corrected chi connectivity index (χ4v) is 2.40. The molecule has 0 saturated heterocycles. The molecule has 0 aromatic heterocycles. The lowest BCUT2D eigenvalue weighted by Crippen LogP contribution is -2.31. The summed E-state index contributed by atoms with van der Waals surface area (Å²) < 4.78 is 5.72. The molecule has 0 atom stereocenters. The van der Waals surface area contributed by atoms with Gasteiger partial charge < -0.3 is 10.1 Å². The average molecular weight is 311 g/mol. The van der Waals surface area contributed by atoms with Crippen LogP contribution in [0.15, 0.2) is 54.6 Å². The minimum Gasteiger partial charge on any atom is -0.483 e. The molecule has 0 radical (unpaired) electrons. The van der Waals surface area contributed by atoms with Gasteiger partial charge in [-0.1, -0.05) is 69.3 Å². The number of para-hydroxylation sites is 1. The molecule has 1 amide bonds. The third-order valence-electron chi connectivity index (χ3n) is 3.63. The zero-order valence-electron chi connectivity index (χ0n) is 14.1. The van der Waals surface area contributed by atoms with E-state index in [9.17, 15) is 4.79 Å². The van der Waals surface area contributed by atoms with Crippen molar-refractivity contribution in [1.82, 2.24) is 5.32 Å². The van der Waals surface area contributed by atoms with Gasteiger partial charge in [0.05, 0.1) is 0 Å². The van der Waals surface area contributed by atoms with Crippen molar-refractivity contribution in [1.29, 1.82) is 0 Å². The normalized spacial score (nSPS) is 11.1. The van der Waals surface area contributed by atoms with E-state index in [1.54, 1.807) is 0 Å². The van der Waals surface area contributed by atoms with Gasteiger partial charge in [0, 0.05) is 6.54 Å². The van der Waals surface area contributed by atoms with Crippen molar-refractivity contribution >= 4 is 5.91 Å². The standard InChI is InChI=1S/C20H25NO2/c1-20(2,3)17-11-7-8-12-18(17)23-15-19(22)21-14-13-16-9-5-4-6-10-16/h4-12H,13-15H2,1-3H3,(H,21,22). The molecule has 0 spiro atoms. The van der Waals surface area contributed by atoms with Crippen molar-refractivity contribution < 1.29 is 9.53 Å². The van der Waals surface area contributed by atoms with Crippen molar-refractivity contribution in [3.63, 3.8) is 0 Å². The quantitative estimate of drug-likeness (QED) is 0.883. The lowest BCUT2D eigenvalue weighted by molar-refractivity contribution is -0.123. The SMILES string of the molecule is CC(C)(C)c1ccccc1OCC(=O)NCCc1ccccc1. The Balaban J connectivity index is 1.81. The van der Waals surface area contributed by atoms with E-state index in [2.05, 4.69) is 38.2 Å². The summed E-state index contributed by atoms with van der Waals surface area (Å²) in [4.78, 5) is 11.9. The number of carbonyl (C=O) groups excluding carboxylic acids is 1. The second-order valence-electron chi connectivity index (χ2n) is 6.62. The van der Waals surface area contributed by atoms with Crippen LogP contribution in [0.4, 0.5) is 0 Å². The van der Waals surface area contributed by atoms with Gasteiger partial charge in [0.25, 0.3) is 5.91 Å². The fourth-order valence-electron chi connectivity index (χ4n) is 2.40. The summed E-state index contributed by atoms with van der Waals surface area (Å²) in [5.41, 5.74) is 2.31. The highest BCUT2D eigenvalue weighted by molar-refractivity contribution is 5.77. The smallest absolute Gasteiger partial charge is 0.257 e. The molecule has 2 aromatic rings. The summed E-state index contributed by atoms with van der Waals surface area (Å²) in [5, 5.41) is 2.90. The van der Waals surface area contributed by atoms with Crippen LogP contribution >= 0.6 is 0 Å². The predicted molar refractivity (Wildman–Crippen MR) is 93.8 cm³/mol. The fraction of sp³-hybridized carbons (Fsp3) is 0.350. The molecule has 0 aliphatic heterocycles. The van der Waals surface area contributed by atoms with Crippen molar-refractivity contribution in [2.75, 3.05) is 13.2 Å². The van der Waals surface area contributed by atoms with E-state index in [1.807, 2.05) is 42.5 Å². The van der Waals surface area contributed by atoms with Gasteiger partial charge in [-0.15, -0.1) is 0 Å². The summed E-state index contributed by atoms with van der Waals surface area (Å²) in [5.74, 6) is 0.683. The maximum atomic E-state index is 11.9. The van der Waals surface area contributed by atoms with Crippen LogP contribution in [0.5, 0.6) is 5.75 Å². The molecule has 3 heteroatoms. The molecular weight excluding hydrogens is 286 g/mol. The van der Waals surface area contributed by atoms with Crippen LogP contribution in [0.2, 0.25) is 0 Å². The van der Waals surface area contributed by atoms with E-state index in [0.29, 0.717) is 6.54 Å². The van der Waals surface area contributed by atoms with E-state index >= 15 is 0 Å². The number of rotatable bonds is 6. The van der Waals surface area contributed by atoms with E-state index < -0.39 is 0 Å². The molecule has 1 N–H and O–H groups in total. The maximum absolute atomic E-state index is 11.9. The first-order valence-corrected chi connectivity index (χ1v) is 8.00. The van der Waals surface area contributed by atoms with E-state index in [-0.39, 0.29) is 17.9 Å². The summed E-state index contributed by atoms with van der Waals surface area (Å²) in [7, 11) is 0. The lowest BCUT2D eigenvalue weighted by atomic mass is 9.86. The first kappa shape index (κ1) is 17.1. The van der Waals surface area contributed by atoms with Crippen LogP contribution in [0.25, 0.3) is 0 Å². The second kappa shape index (κ2) is 7.82. The Morgan fingerprint density at radius 3 is 2.35 bits per heavy atom. The molecule has 0 unspecified atom stereocenters. The second-order valence-corrected chi connectivity index (χ2v) is 6.62. The zero-order chi connectivity index (χ0) is 16.7. The Hall–Kier alpha value is -2.29. The molecule has 2 rings (SSSR count). The molecule has 23 heavy (non-hydrogen) atoms. The summed E-state index contributed by atoms with van der Waals surface area (Å²) in [6.45, 7) is 7.06. The Morgan fingerprint density at radius 2 is 1.65 bits per heavy atom. The van der Waals surface area contributed by atoms with Crippen LogP contribution in [0.1, 0.15) is 31.9 Å². The van der Waals surface area contributed by atoms with Crippen LogP contribution < -0.4 is 10.1 Å². The van der Waals surface area contributed by atoms with Gasteiger partial charge in [-0.05, 0) is 29.0 Å². The van der Waals surface area contributed by atoms with Gasteiger partial charge in [0.1, 0.15) is 5.75 Å². The molecule has 0 fully saturated rings.